The molecule has 0 saturated carbocycles. The number of amides is 1. The van der Waals surface area contributed by atoms with Gasteiger partial charge in [0.1, 0.15) is 5.75 Å². The summed E-state index contributed by atoms with van der Waals surface area (Å²) in [6, 6.07) is 8.01. The molecule has 1 amide bonds. The van der Waals surface area contributed by atoms with Gasteiger partial charge in [-0.2, -0.15) is 0 Å². The Bertz CT molecular complexity index is 1190. The highest BCUT2D eigenvalue weighted by Gasteiger charge is 2.27. The smallest absolute Gasteiger partial charge is 0.333 e. The Morgan fingerprint density at radius 3 is 2.90 bits per heavy atom. The third kappa shape index (κ3) is 4.35. The van der Waals surface area contributed by atoms with Crippen molar-refractivity contribution in [2.75, 3.05) is 32.3 Å². The van der Waals surface area contributed by atoms with Gasteiger partial charge < -0.3 is 14.4 Å². The van der Waals surface area contributed by atoms with E-state index in [-0.39, 0.29) is 5.91 Å². The zero-order chi connectivity index (χ0) is 22.0. The number of carbonyl (C=O) groups excluding carboxylic acids is 2. The highest BCUT2D eigenvalue weighted by atomic mass is 32.2. The molecule has 31 heavy (non-hydrogen) atoms. The second-order valence-electron chi connectivity index (χ2n) is 6.93. The lowest BCUT2D eigenvalue weighted by atomic mass is 10.1. The van der Waals surface area contributed by atoms with Gasteiger partial charge >= 0.3 is 5.97 Å². The third-order valence-electron chi connectivity index (χ3n) is 4.98. The average Bonchev–Trinajstić information content (AvgIpc) is 3.34. The summed E-state index contributed by atoms with van der Waals surface area (Å²) in [5, 5.41) is 11.3. The maximum atomic E-state index is 12.2. The lowest BCUT2D eigenvalue weighted by molar-refractivity contribution is -0.134. The van der Waals surface area contributed by atoms with Crippen LogP contribution in [0.15, 0.2) is 40.5 Å². The number of esters is 1. The predicted molar refractivity (Wildman–Crippen MR) is 121 cm³/mol. The Labute approximate surface area is 188 Å². The predicted octanol–water partition coefficient (Wildman–Crippen LogP) is 3.27. The van der Waals surface area contributed by atoms with Crippen molar-refractivity contribution in [2.45, 2.75) is 18.5 Å². The lowest BCUT2D eigenvalue weighted by Crippen LogP contribution is -2.26. The fraction of sp³-hybridized carbons (Fsp3) is 0.333. The molecule has 3 heterocycles. The van der Waals surface area contributed by atoms with Crippen molar-refractivity contribution in [3.05, 3.63) is 40.9 Å². The van der Waals surface area contributed by atoms with Crippen LogP contribution in [0.4, 0.5) is 0 Å². The Hall–Kier alpha value is -2.72. The monoisotopic (exact) mass is 458 g/mol. The standard InChI is InChI=1S/C21H22N4O4S2/c1-13-9-17-22-23-21(25(17)16-10-14(28-2)5-6-15(13)16)30-8-4-7-24-18(26)12-31-19(24)11-20(27)29-3/h5-6,9-11H,4,7-8,12H2,1-3H3/b19-11+. The van der Waals surface area contributed by atoms with E-state index in [1.54, 1.807) is 23.8 Å². The van der Waals surface area contributed by atoms with Crippen molar-refractivity contribution in [1.29, 1.82) is 0 Å². The summed E-state index contributed by atoms with van der Waals surface area (Å²) in [5.74, 6) is 1.42. The van der Waals surface area contributed by atoms with Gasteiger partial charge in [-0.3, -0.25) is 9.20 Å². The summed E-state index contributed by atoms with van der Waals surface area (Å²) in [6.07, 6.45) is 2.12. The van der Waals surface area contributed by atoms with Gasteiger partial charge in [0.05, 0.1) is 36.6 Å². The van der Waals surface area contributed by atoms with Gasteiger partial charge in [-0.15, -0.1) is 10.2 Å². The normalized spacial score (nSPS) is 15.4. The molecular formula is C21H22N4O4S2. The van der Waals surface area contributed by atoms with Gasteiger partial charge in [0.25, 0.3) is 0 Å². The number of ether oxygens (including phenoxy) is 2. The van der Waals surface area contributed by atoms with Gasteiger partial charge in [-0.25, -0.2) is 4.79 Å². The number of hydrogen-bond acceptors (Lipinski definition) is 8. The second kappa shape index (κ2) is 9.19. The summed E-state index contributed by atoms with van der Waals surface area (Å²) in [7, 11) is 2.97. The van der Waals surface area contributed by atoms with Gasteiger partial charge in [0.2, 0.25) is 5.91 Å². The molecule has 3 aromatic rings. The number of thioether (sulfide) groups is 2. The molecule has 1 fully saturated rings. The van der Waals surface area contributed by atoms with Crippen molar-refractivity contribution in [2.24, 2.45) is 0 Å². The summed E-state index contributed by atoms with van der Waals surface area (Å²) in [5.41, 5.74) is 2.91. The molecule has 1 aromatic carbocycles. The summed E-state index contributed by atoms with van der Waals surface area (Å²) >= 11 is 2.95. The molecule has 2 aromatic heterocycles. The van der Waals surface area contributed by atoms with Crippen molar-refractivity contribution in [3.8, 4) is 5.75 Å². The fourth-order valence-electron chi connectivity index (χ4n) is 3.44. The maximum Gasteiger partial charge on any atom is 0.333 e. The molecular weight excluding hydrogens is 436 g/mol. The minimum absolute atomic E-state index is 0.00615. The number of aromatic nitrogens is 3. The largest absolute Gasteiger partial charge is 0.497 e. The maximum absolute atomic E-state index is 12.2. The van der Waals surface area contributed by atoms with E-state index in [4.69, 9.17) is 4.74 Å². The van der Waals surface area contributed by atoms with E-state index in [1.165, 1.54) is 24.9 Å². The second-order valence-corrected chi connectivity index (χ2v) is 8.99. The van der Waals surface area contributed by atoms with E-state index in [0.717, 1.165) is 45.2 Å². The molecule has 0 radical (unpaired) electrons. The topological polar surface area (TPSA) is 86.0 Å². The summed E-state index contributed by atoms with van der Waals surface area (Å²) < 4.78 is 12.1. The minimum atomic E-state index is -0.455. The molecule has 1 aliphatic heterocycles. The number of pyridine rings is 1. The summed E-state index contributed by atoms with van der Waals surface area (Å²) in [4.78, 5) is 25.3. The molecule has 0 atom stereocenters. The molecule has 0 bridgehead atoms. The number of carbonyl (C=O) groups is 2. The fourth-order valence-corrected chi connectivity index (χ4v) is 5.27. The van der Waals surface area contributed by atoms with Crippen molar-refractivity contribution < 1.29 is 19.1 Å². The molecule has 0 unspecified atom stereocenters. The Morgan fingerprint density at radius 1 is 1.29 bits per heavy atom. The highest BCUT2D eigenvalue weighted by molar-refractivity contribution is 8.04. The number of hydrogen-bond donors (Lipinski definition) is 0. The van der Waals surface area contributed by atoms with Gasteiger partial charge in [-0.05, 0) is 37.1 Å². The van der Waals surface area contributed by atoms with E-state index in [1.807, 2.05) is 28.7 Å². The van der Waals surface area contributed by atoms with Crippen molar-refractivity contribution >= 4 is 52.0 Å². The number of nitrogens with zero attached hydrogens (tertiary/aromatic N) is 4. The Kier molecular flexibility index (Phi) is 6.38. The van der Waals surface area contributed by atoms with E-state index >= 15 is 0 Å². The van der Waals surface area contributed by atoms with Crippen LogP contribution in [-0.4, -0.2) is 63.6 Å². The molecule has 8 nitrogen and oxygen atoms in total. The van der Waals surface area contributed by atoms with Gasteiger partial charge in [0, 0.05) is 23.8 Å². The van der Waals surface area contributed by atoms with Gasteiger partial charge in [0.15, 0.2) is 10.8 Å². The van der Waals surface area contributed by atoms with Crippen molar-refractivity contribution in [1.82, 2.24) is 19.5 Å². The van der Waals surface area contributed by atoms with Crippen LogP contribution in [-0.2, 0) is 14.3 Å². The number of benzene rings is 1. The van der Waals surface area contributed by atoms with Gasteiger partial charge in [-0.1, -0.05) is 23.5 Å². The highest BCUT2D eigenvalue weighted by Crippen LogP contribution is 2.31. The molecule has 0 N–H and O–H groups in total. The number of aryl methyl sites for hydroxylation is 1. The van der Waals surface area contributed by atoms with Crippen LogP contribution in [0.25, 0.3) is 16.6 Å². The molecule has 0 spiro atoms. The van der Waals surface area contributed by atoms with E-state index in [2.05, 4.69) is 21.9 Å². The van der Waals surface area contributed by atoms with E-state index < -0.39 is 5.97 Å². The zero-order valence-electron chi connectivity index (χ0n) is 17.5. The molecule has 4 rings (SSSR count). The van der Waals surface area contributed by atoms with Crippen LogP contribution in [0.5, 0.6) is 5.75 Å². The van der Waals surface area contributed by atoms with Crippen LogP contribution >= 0.6 is 23.5 Å². The molecule has 1 saturated heterocycles. The molecule has 162 valence electrons. The number of methoxy groups -OCH3 is 2. The van der Waals surface area contributed by atoms with E-state index in [9.17, 15) is 9.59 Å². The first-order chi connectivity index (χ1) is 15.0. The Balaban J connectivity index is 1.50. The molecule has 0 aliphatic carbocycles. The quantitative estimate of drug-likeness (QED) is 0.231. The van der Waals surface area contributed by atoms with E-state index in [0.29, 0.717) is 17.3 Å². The summed E-state index contributed by atoms with van der Waals surface area (Å²) in [6.45, 7) is 2.59. The first kappa shape index (κ1) is 21.5. The van der Waals surface area contributed by atoms with Crippen LogP contribution in [0.1, 0.15) is 12.0 Å². The van der Waals surface area contributed by atoms with Crippen LogP contribution < -0.4 is 4.74 Å². The van der Waals surface area contributed by atoms with Crippen LogP contribution in [0, 0.1) is 6.92 Å². The van der Waals surface area contributed by atoms with Crippen molar-refractivity contribution in [3.63, 3.8) is 0 Å². The molecule has 1 aliphatic rings. The Morgan fingerprint density at radius 2 is 2.13 bits per heavy atom. The number of rotatable bonds is 7. The SMILES string of the molecule is COC(=O)/C=C1/SCC(=O)N1CCCSc1nnc2cc(C)c3ccc(OC)cc3n12. The first-order valence-corrected chi connectivity index (χ1v) is 11.7. The number of fused-ring (bicyclic) bond motifs is 3. The van der Waals surface area contributed by atoms with Crippen LogP contribution in [0.2, 0.25) is 0 Å². The lowest BCUT2D eigenvalue weighted by Gasteiger charge is -2.16. The average molecular weight is 459 g/mol. The minimum Gasteiger partial charge on any atom is -0.497 e. The first-order valence-electron chi connectivity index (χ1n) is 9.70. The van der Waals surface area contributed by atoms with Crippen LogP contribution in [0.3, 0.4) is 0 Å². The third-order valence-corrected chi connectivity index (χ3v) is 7.03. The molecule has 10 heteroatoms. The zero-order valence-corrected chi connectivity index (χ0v) is 19.1.